The number of aromatic hydroxyl groups is 1. The quantitative estimate of drug-likeness (QED) is 0.0180. The Bertz CT molecular complexity index is 2340. The third-order valence-electron chi connectivity index (χ3n) is 12.6. The molecule has 1 N–H and O–H groups in total. The summed E-state index contributed by atoms with van der Waals surface area (Å²) in [5, 5.41) is 10.7. The molecule has 0 saturated carbocycles. The Kier molecular flexibility index (Phi) is 26.7. The largest absolute Gasteiger partial charge is 0.507 e. The molecule has 0 fully saturated rings. The number of nitrogens with zero attached hydrogens (tertiary/aromatic N) is 1. The van der Waals surface area contributed by atoms with Gasteiger partial charge in [0, 0.05) is 23.9 Å². The number of carbonyl (C=O) groups excluding carboxylic acids is 3. The fourth-order valence-electron chi connectivity index (χ4n) is 8.27. The molecule has 0 aliphatic heterocycles. The van der Waals surface area contributed by atoms with Crippen molar-refractivity contribution in [1.29, 1.82) is 0 Å². The maximum atomic E-state index is 13.0. The molecule has 0 bridgehead atoms. The van der Waals surface area contributed by atoms with Gasteiger partial charge in [-0.15, -0.1) is 0 Å². The van der Waals surface area contributed by atoms with Gasteiger partial charge in [0.1, 0.15) is 34.5 Å². The van der Waals surface area contributed by atoms with E-state index >= 15 is 0 Å². The molecule has 5 rings (SSSR count). The molecule has 0 amide bonds. The normalized spacial score (nSPS) is 11.1. The summed E-state index contributed by atoms with van der Waals surface area (Å²) in [6, 6.07) is 31.0. The number of esters is 3. The van der Waals surface area contributed by atoms with Gasteiger partial charge in [-0.25, -0.2) is 14.4 Å². The van der Waals surface area contributed by atoms with E-state index in [0.29, 0.717) is 47.1 Å². The Hall–Kier alpha value is -6.42. The summed E-state index contributed by atoms with van der Waals surface area (Å²) in [6.45, 7) is 5.80. The molecule has 386 valence electrons. The fourth-order valence-corrected chi connectivity index (χ4v) is 8.27. The number of aliphatic imine (C=N–C) groups is 1. The highest BCUT2D eigenvalue weighted by atomic mass is 16.5. The van der Waals surface area contributed by atoms with Crippen molar-refractivity contribution < 1.29 is 43.2 Å². The number of rotatable bonds is 36. The van der Waals surface area contributed by atoms with E-state index in [1.54, 1.807) is 84.9 Å². The second kappa shape index (κ2) is 34.0. The lowest BCUT2D eigenvalue weighted by Crippen LogP contribution is -2.10. The minimum absolute atomic E-state index is 0.134. The van der Waals surface area contributed by atoms with E-state index in [0.717, 1.165) is 25.7 Å². The SMILES string of the molecule is CCCCCCCCCCCCCCCCOc1ccc(C(=O)Oc2ccc(C=Nc3cccc(OC(=O)c4ccc(OC(=O)c5ccc(OCCCCCCCCCCCC)cc5)cc4)c3)c(O)c2)cc1. The molecule has 0 aromatic heterocycles. The molecule has 10 heteroatoms. The van der Waals surface area contributed by atoms with E-state index in [2.05, 4.69) is 18.8 Å². The van der Waals surface area contributed by atoms with Crippen LogP contribution in [0, 0.1) is 0 Å². The van der Waals surface area contributed by atoms with Gasteiger partial charge < -0.3 is 28.8 Å². The predicted octanol–water partition coefficient (Wildman–Crippen LogP) is 17.0. The Labute approximate surface area is 429 Å². The molecule has 0 spiro atoms. The van der Waals surface area contributed by atoms with Gasteiger partial charge in [-0.2, -0.15) is 0 Å². The zero-order chi connectivity index (χ0) is 50.9. The number of unbranched alkanes of at least 4 members (excludes halogenated alkanes) is 22. The molecule has 10 nitrogen and oxygen atoms in total. The highest BCUT2D eigenvalue weighted by Gasteiger charge is 2.14. The second-order valence-corrected chi connectivity index (χ2v) is 18.7. The van der Waals surface area contributed by atoms with Gasteiger partial charge >= 0.3 is 17.9 Å². The number of ether oxygens (including phenoxy) is 5. The molecule has 5 aromatic rings. The molecular formula is C62H79NO9. The monoisotopic (exact) mass is 982 g/mol. The third kappa shape index (κ3) is 22.3. The van der Waals surface area contributed by atoms with Gasteiger partial charge in [-0.3, -0.25) is 4.99 Å². The summed E-state index contributed by atoms with van der Waals surface area (Å²) in [5.41, 5.74) is 1.86. The zero-order valence-corrected chi connectivity index (χ0v) is 43.1. The van der Waals surface area contributed by atoms with Crippen molar-refractivity contribution in [3.63, 3.8) is 0 Å². The lowest BCUT2D eigenvalue weighted by Gasteiger charge is -2.09. The van der Waals surface area contributed by atoms with E-state index in [4.69, 9.17) is 23.7 Å². The smallest absolute Gasteiger partial charge is 0.343 e. The maximum absolute atomic E-state index is 13.0. The molecule has 5 aromatic carbocycles. The Morgan fingerprint density at radius 2 is 0.750 bits per heavy atom. The number of hydrogen-bond acceptors (Lipinski definition) is 10. The van der Waals surface area contributed by atoms with Crippen molar-refractivity contribution in [2.75, 3.05) is 13.2 Å². The van der Waals surface area contributed by atoms with Crippen LogP contribution in [-0.4, -0.2) is 42.4 Å². The molecule has 0 aliphatic rings. The number of phenols is 1. The standard InChI is InChI=1S/C62H79NO9/c1-3-5-7-9-11-13-15-16-17-18-20-22-24-26-45-69-55-39-32-50(33-40-55)62(67)72-58-43-36-52(59(64)47-58)48-63-53-28-27-29-57(46-53)71-61(66)51-34-41-56(42-35-51)70-60(65)49-30-37-54(38-31-49)68-44-25-23-21-19-14-12-10-8-6-4-2/h27-43,46-48,64H,3-26,44-45H2,1-2H3. The van der Waals surface area contributed by atoms with E-state index in [1.807, 2.05) is 0 Å². The highest BCUT2D eigenvalue weighted by molar-refractivity contribution is 5.93. The van der Waals surface area contributed by atoms with Crippen molar-refractivity contribution in [3.8, 4) is 34.5 Å². The summed E-state index contributed by atoms with van der Waals surface area (Å²) >= 11 is 0. The first-order chi connectivity index (χ1) is 35.3. The van der Waals surface area contributed by atoms with Gasteiger partial charge in [0.2, 0.25) is 0 Å². The summed E-state index contributed by atoms with van der Waals surface area (Å²) in [5.74, 6) is 0.315. The zero-order valence-electron chi connectivity index (χ0n) is 43.1. The number of benzene rings is 5. The van der Waals surface area contributed by atoms with Crippen LogP contribution in [0.3, 0.4) is 0 Å². The molecule has 72 heavy (non-hydrogen) atoms. The van der Waals surface area contributed by atoms with Crippen LogP contribution in [-0.2, 0) is 0 Å². The third-order valence-corrected chi connectivity index (χ3v) is 12.6. The first-order valence-electron chi connectivity index (χ1n) is 27.0. The van der Waals surface area contributed by atoms with Crippen LogP contribution in [0.1, 0.15) is 205 Å². The minimum Gasteiger partial charge on any atom is -0.507 e. The summed E-state index contributed by atoms with van der Waals surface area (Å²) < 4.78 is 28.5. The van der Waals surface area contributed by atoms with Crippen molar-refractivity contribution in [2.24, 2.45) is 4.99 Å². The first kappa shape index (κ1) is 56.5. The van der Waals surface area contributed by atoms with Crippen molar-refractivity contribution in [2.45, 2.75) is 168 Å². The summed E-state index contributed by atoms with van der Waals surface area (Å²) in [7, 11) is 0. The molecule has 0 heterocycles. The Balaban J connectivity index is 0.961. The van der Waals surface area contributed by atoms with Crippen molar-refractivity contribution in [3.05, 3.63) is 138 Å². The Morgan fingerprint density at radius 3 is 1.15 bits per heavy atom. The highest BCUT2D eigenvalue weighted by Crippen LogP contribution is 2.27. The lowest BCUT2D eigenvalue weighted by atomic mass is 10.0. The van der Waals surface area contributed by atoms with Crippen LogP contribution in [0.4, 0.5) is 5.69 Å². The van der Waals surface area contributed by atoms with Crippen LogP contribution in [0.25, 0.3) is 0 Å². The molecule has 0 saturated heterocycles. The topological polar surface area (TPSA) is 130 Å². The van der Waals surface area contributed by atoms with E-state index < -0.39 is 17.9 Å². The first-order valence-corrected chi connectivity index (χ1v) is 27.0. The minimum atomic E-state index is -0.607. The summed E-state index contributed by atoms with van der Waals surface area (Å²) in [6.07, 6.45) is 32.5. The van der Waals surface area contributed by atoms with Crippen LogP contribution in [0.5, 0.6) is 34.5 Å². The van der Waals surface area contributed by atoms with Crippen molar-refractivity contribution >= 4 is 29.8 Å². The maximum Gasteiger partial charge on any atom is 0.343 e. The molecule has 0 aliphatic carbocycles. The van der Waals surface area contributed by atoms with Gasteiger partial charge in [0.05, 0.1) is 35.6 Å². The average molecular weight is 982 g/mol. The van der Waals surface area contributed by atoms with Gasteiger partial charge in [0.25, 0.3) is 0 Å². The van der Waals surface area contributed by atoms with E-state index in [1.165, 1.54) is 165 Å². The van der Waals surface area contributed by atoms with Gasteiger partial charge in [0.15, 0.2) is 0 Å². The fraction of sp³-hybridized carbons (Fsp3) is 0.452. The lowest BCUT2D eigenvalue weighted by molar-refractivity contribution is 0.0723. The Morgan fingerprint density at radius 1 is 0.403 bits per heavy atom. The van der Waals surface area contributed by atoms with Gasteiger partial charge in [-0.1, -0.05) is 161 Å². The van der Waals surface area contributed by atoms with Crippen molar-refractivity contribution in [1.82, 2.24) is 0 Å². The molecule has 0 atom stereocenters. The number of carbonyl (C=O) groups is 3. The average Bonchev–Trinajstić information content (AvgIpc) is 3.39. The van der Waals surface area contributed by atoms with Crippen LogP contribution >= 0.6 is 0 Å². The van der Waals surface area contributed by atoms with E-state index in [9.17, 15) is 19.5 Å². The molecule has 0 unspecified atom stereocenters. The van der Waals surface area contributed by atoms with Crippen LogP contribution in [0.2, 0.25) is 0 Å². The van der Waals surface area contributed by atoms with Crippen LogP contribution < -0.4 is 23.7 Å². The summed E-state index contributed by atoms with van der Waals surface area (Å²) in [4.78, 5) is 43.2. The number of phenolic OH excluding ortho intramolecular Hbond substituents is 1. The molecular weight excluding hydrogens is 903 g/mol. The second-order valence-electron chi connectivity index (χ2n) is 18.7. The number of hydrogen-bond donors (Lipinski definition) is 1. The van der Waals surface area contributed by atoms with Gasteiger partial charge in [-0.05, 0) is 110 Å². The van der Waals surface area contributed by atoms with Crippen LogP contribution in [0.15, 0.2) is 120 Å². The van der Waals surface area contributed by atoms with E-state index in [-0.39, 0.29) is 28.6 Å². The molecule has 0 radical (unpaired) electrons. The predicted molar refractivity (Wildman–Crippen MR) is 289 cm³/mol.